The Morgan fingerprint density at radius 3 is 2.26 bits per heavy atom. The fraction of sp³-hybridized carbons (Fsp3) is 0.231. The summed E-state index contributed by atoms with van der Waals surface area (Å²) in [7, 11) is -4.18. The second-order valence-corrected chi connectivity index (χ2v) is 10.5. The quantitative estimate of drug-likeness (QED) is 0.271. The minimum atomic E-state index is -4.18. The number of ether oxygens (including phenoxy) is 2. The normalized spacial score (nSPS) is 11.7. The molecule has 11 nitrogen and oxygen atoms in total. The van der Waals surface area contributed by atoms with Crippen molar-refractivity contribution in [2.24, 2.45) is 0 Å². The lowest BCUT2D eigenvalue weighted by molar-refractivity contribution is 0.218. The molecule has 38 heavy (non-hydrogen) atoms. The van der Waals surface area contributed by atoms with Gasteiger partial charge in [0.2, 0.25) is 11.6 Å². The summed E-state index contributed by atoms with van der Waals surface area (Å²) < 4.78 is 40.8. The number of phenols is 1. The Hall–Kier alpha value is -4.29. The van der Waals surface area contributed by atoms with Crippen molar-refractivity contribution < 1.29 is 28.1 Å². The molecule has 0 spiro atoms. The van der Waals surface area contributed by atoms with E-state index in [0.29, 0.717) is 0 Å². The highest BCUT2D eigenvalue weighted by molar-refractivity contribution is 7.92. The number of aliphatic hydroxyl groups excluding tert-OH is 1. The van der Waals surface area contributed by atoms with Crippen LogP contribution in [0.5, 0.6) is 23.1 Å². The van der Waals surface area contributed by atoms with Crippen LogP contribution in [-0.4, -0.2) is 51.8 Å². The summed E-state index contributed by atoms with van der Waals surface area (Å²) in [5.41, 5.74) is 0.226. The minimum Gasteiger partial charge on any atom is -0.504 e. The average Bonchev–Trinajstić information content (AvgIpc) is 2.92. The molecule has 0 radical (unpaired) electrons. The highest BCUT2D eigenvalue weighted by Crippen LogP contribution is 2.41. The number of aromatic hydroxyl groups is 1. The Morgan fingerprint density at radius 2 is 1.63 bits per heavy atom. The molecule has 2 heterocycles. The summed E-state index contributed by atoms with van der Waals surface area (Å²) in [5, 5.41) is 19.9. The van der Waals surface area contributed by atoms with Crippen molar-refractivity contribution in [3.8, 4) is 34.8 Å². The molecule has 198 valence electrons. The lowest BCUT2D eigenvalue weighted by Crippen LogP contribution is -2.22. The fourth-order valence-electron chi connectivity index (χ4n) is 3.36. The van der Waals surface area contributed by atoms with E-state index in [1.807, 2.05) is 13.8 Å². The van der Waals surface area contributed by atoms with Crippen molar-refractivity contribution in [3.63, 3.8) is 0 Å². The van der Waals surface area contributed by atoms with Crippen molar-refractivity contribution >= 4 is 15.8 Å². The van der Waals surface area contributed by atoms with Gasteiger partial charge in [-0.3, -0.25) is 4.72 Å². The molecule has 0 saturated carbocycles. The van der Waals surface area contributed by atoms with Gasteiger partial charge in [0.25, 0.3) is 15.9 Å². The van der Waals surface area contributed by atoms with Gasteiger partial charge in [0, 0.05) is 17.8 Å². The molecule has 0 aliphatic carbocycles. The van der Waals surface area contributed by atoms with Gasteiger partial charge in [0.05, 0.1) is 18.1 Å². The zero-order chi connectivity index (χ0) is 27.3. The lowest BCUT2D eigenvalue weighted by Gasteiger charge is -2.22. The lowest BCUT2D eigenvalue weighted by atomic mass is 9.86. The maximum absolute atomic E-state index is 13.4. The molecule has 3 N–H and O–H groups in total. The van der Waals surface area contributed by atoms with Gasteiger partial charge in [0.15, 0.2) is 23.1 Å². The van der Waals surface area contributed by atoms with Crippen molar-refractivity contribution in [1.29, 1.82) is 0 Å². The van der Waals surface area contributed by atoms with Crippen LogP contribution in [0.1, 0.15) is 26.3 Å². The summed E-state index contributed by atoms with van der Waals surface area (Å²) in [6, 6.07) is 13.9. The van der Waals surface area contributed by atoms with Crippen LogP contribution < -0.4 is 14.2 Å². The Bertz CT molecular complexity index is 1510. The summed E-state index contributed by atoms with van der Waals surface area (Å²) in [5.74, 6) is -0.484. The second-order valence-electron chi connectivity index (χ2n) is 8.78. The first-order valence-electron chi connectivity index (χ1n) is 11.7. The Labute approximate surface area is 220 Å². The first kappa shape index (κ1) is 26.8. The van der Waals surface area contributed by atoms with Crippen LogP contribution in [0.4, 0.5) is 5.82 Å². The van der Waals surface area contributed by atoms with E-state index in [-0.39, 0.29) is 58.7 Å². The maximum Gasteiger partial charge on any atom is 0.263 e. The first-order valence-corrected chi connectivity index (χ1v) is 13.1. The van der Waals surface area contributed by atoms with E-state index in [9.17, 15) is 18.6 Å². The molecular formula is C26H27N5O6S. The molecule has 0 aliphatic rings. The number of rotatable bonds is 10. The van der Waals surface area contributed by atoms with E-state index in [4.69, 9.17) is 9.47 Å². The fourth-order valence-corrected chi connectivity index (χ4v) is 4.36. The van der Waals surface area contributed by atoms with E-state index in [1.165, 1.54) is 36.7 Å². The van der Waals surface area contributed by atoms with Crippen LogP contribution >= 0.6 is 0 Å². The van der Waals surface area contributed by atoms with Crippen LogP contribution in [-0.2, 0) is 15.4 Å². The molecule has 0 aliphatic heterocycles. The van der Waals surface area contributed by atoms with Crippen molar-refractivity contribution in [1.82, 2.24) is 19.9 Å². The van der Waals surface area contributed by atoms with Crippen LogP contribution in [0, 0.1) is 0 Å². The third-order valence-corrected chi connectivity index (χ3v) is 6.89. The monoisotopic (exact) mass is 537 g/mol. The van der Waals surface area contributed by atoms with Gasteiger partial charge in [-0.1, -0.05) is 38.1 Å². The topological polar surface area (TPSA) is 157 Å². The molecule has 4 rings (SSSR count). The van der Waals surface area contributed by atoms with Crippen LogP contribution in [0.15, 0.2) is 71.9 Å². The molecule has 0 unspecified atom stereocenters. The number of nitrogens with zero attached hydrogens (tertiary/aromatic N) is 4. The molecule has 2 aromatic heterocycles. The molecule has 12 heteroatoms. The predicted octanol–water partition coefficient (Wildman–Crippen LogP) is 3.90. The van der Waals surface area contributed by atoms with Gasteiger partial charge < -0.3 is 19.7 Å². The van der Waals surface area contributed by atoms with Gasteiger partial charge in [0.1, 0.15) is 0 Å². The molecule has 4 aromatic rings. The van der Waals surface area contributed by atoms with E-state index in [0.717, 1.165) is 5.56 Å². The van der Waals surface area contributed by atoms with Crippen molar-refractivity contribution in [2.75, 3.05) is 17.9 Å². The van der Waals surface area contributed by atoms with Gasteiger partial charge in [-0.2, -0.15) is 4.98 Å². The number of hydrogen-bond acceptors (Lipinski definition) is 10. The number of phenolic OH excluding ortho intramolecular Hbond substituents is 1. The number of hydrogen-bond donors (Lipinski definition) is 3. The third kappa shape index (κ3) is 5.82. The zero-order valence-corrected chi connectivity index (χ0v) is 21.8. The molecule has 0 fully saturated rings. The summed E-state index contributed by atoms with van der Waals surface area (Å²) in [6.07, 6.45) is 3.00. The van der Waals surface area contributed by atoms with E-state index in [2.05, 4.69) is 24.7 Å². The number of aliphatic hydroxyl groups is 1. The number of anilines is 1. The van der Waals surface area contributed by atoms with E-state index >= 15 is 0 Å². The maximum atomic E-state index is 13.4. The smallest absolute Gasteiger partial charge is 0.263 e. The molecule has 0 amide bonds. The Morgan fingerprint density at radius 1 is 0.947 bits per heavy atom. The van der Waals surface area contributed by atoms with Gasteiger partial charge in [-0.05, 0) is 42.8 Å². The second kappa shape index (κ2) is 11.0. The molecule has 0 bridgehead atoms. The summed E-state index contributed by atoms with van der Waals surface area (Å²) in [4.78, 5) is 16.9. The average molecular weight is 538 g/mol. The third-order valence-electron chi connectivity index (χ3n) is 5.53. The molecular weight excluding hydrogens is 510 g/mol. The molecule has 0 atom stereocenters. The largest absolute Gasteiger partial charge is 0.504 e. The van der Waals surface area contributed by atoms with Crippen molar-refractivity contribution in [3.05, 3.63) is 72.6 Å². The Kier molecular flexibility index (Phi) is 7.74. The zero-order valence-electron chi connectivity index (χ0n) is 21.0. The van der Waals surface area contributed by atoms with Crippen LogP contribution in [0.3, 0.4) is 0 Å². The highest BCUT2D eigenvalue weighted by Gasteiger charge is 2.26. The number of para-hydroxylation sites is 2. The van der Waals surface area contributed by atoms with E-state index < -0.39 is 15.4 Å². The van der Waals surface area contributed by atoms with Crippen LogP contribution in [0.2, 0.25) is 0 Å². The number of benzene rings is 2. The summed E-state index contributed by atoms with van der Waals surface area (Å²) >= 11 is 0. The van der Waals surface area contributed by atoms with Crippen molar-refractivity contribution in [2.45, 2.75) is 31.1 Å². The number of sulfonamides is 1. The SMILES string of the molecule is CCOc1nc(-c2ncccn2)nc(NS(=O)(=O)c2ccc(C(C)(C)CO)cc2)c1Oc1ccccc1O. The van der Waals surface area contributed by atoms with E-state index in [1.54, 1.807) is 37.3 Å². The first-order chi connectivity index (χ1) is 18.1. The predicted molar refractivity (Wildman–Crippen MR) is 140 cm³/mol. The Balaban J connectivity index is 1.82. The number of aromatic nitrogens is 4. The molecule has 0 saturated heterocycles. The van der Waals surface area contributed by atoms with Gasteiger partial charge >= 0.3 is 0 Å². The van der Waals surface area contributed by atoms with Crippen LogP contribution in [0.25, 0.3) is 11.6 Å². The molecule has 2 aromatic carbocycles. The standard InChI is InChI=1S/C26H27N5O6S/c1-4-36-25-21(37-20-9-6-5-8-19(20)33)22(29-24(30-25)23-27-14-7-15-28-23)31-38(34,35)18-12-10-17(11-13-18)26(2,3)16-32/h5-15,32-33H,4,16H2,1-3H3,(H,29,30,31). The van der Waals surface area contributed by atoms with Gasteiger partial charge in [-0.25, -0.2) is 23.4 Å². The summed E-state index contributed by atoms with van der Waals surface area (Å²) in [6.45, 7) is 5.50. The minimum absolute atomic E-state index is 0.00331. The highest BCUT2D eigenvalue weighted by atomic mass is 32.2. The number of nitrogens with one attached hydrogen (secondary N) is 1. The van der Waals surface area contributed by atoms with Gasteiger partial charge in [-0.15, -0.1) is 0 Å².